The largest absolute Gasteiger partial charge is 0.487 e. The lowest BCUT2D eigenvalue weighted by atomic mass is 9.81. The van der Waals surface area contributed by atoms with E-state index in [9.17, 15) is 9.59 Å². The molecule has 3 aliphatic rings. The number of nitrogens with zero attached hydrogens (tertiary/aromatic N) is 2. The van der Waals surface area contributed by atoms with Crippen molar-refractivity contribution in [1.29, 1.82) is 0 Å². The van der Waals surface area contributed by atoms with Gasteiger partial charge in [0, 0.05) is 24.4 Å². The van der Waals surface area contributed by atoms with Crippen molar-refractivity contribution in [1.82, 2.24) is 10.2 Å². The maximum atomic E-state index is 13.1. The van der Waals surface area contributed by atoms with Gasteiger partial charge in [0.2, 0.25) is 11.8 Å². The molecular formula is C24H34N4O3. The highest BCUT2D eigenvalue weighted by atomic mass is 16.5. The number of hydrogen-bond donors (Lipinski definition) is 2. The zero-order chi connectivity index (χ0) is 22.6. The first-order valence-electron chi connectivity index (χ1n) is 11.2. The number of benzene rings is 1. The predicted molar refractivity (Wildman–Crippen MR) is 119 cm³/mol. The third kappa shape index (κ3) is 4.27. The maximum absolute atomic E-state index is 13.1. The van der Waals surface area contributed by atoms with E-state index in [1.807, 2.05) is 38.1 Å². The molecule has 0 radical (unpaired) electrons. The molecule has 4 atom stereocenters. The monoisotopic (exact) mass is 426 g/mol. The van der Waals surface area contributed by atoms with Gasteiger partial charge in [-0.25, -0.2) is 4.99 Å². The normalized spacial score (nSPS) is 31.5. The van der Waals surface area contributed by atoms with Crippen molar-refractivity contribution in [2.24, 2.45) is 28.5 Å². The summed E-state index contributed by atoms with van der Waals surface area (Å²) < 4.78 is 6.31. The third-order valence-electron chi connectivity index (χ3n) is 7.04. The number of ether oxygens (including phenoxy) is 1. The fourth-order valence-corrected chi connectivity index (χ4v) is 4.63. The number of carbonyl (C=O) groups is 2. The van der Waals surface area contributed by atoms with Crippen LogP contribution in [-0.2, 0) is 9.59 Å². The zero-order valence-corrected chi connectivity index (χ0v) is 19.1. The summed E-state index contributed by atoms with van der Waals surface area (Å²) in [6.45, 7) is 10.7. The van der Waals surface area contributed by atoms with E-state index in [0.29, 0.717) is 18.9 Å². The molecule has 31 heavy (non-hydrogen) atoms. The van der Waals surface area contributed by atoms with Crippen LogP contribution in [0.25, 0.3) is 0 Å². The minimum atomic E-state index is -0.461. The number of para-hydroxylation sites is 1. The van der Waals surface area contributed by atoms with Crippen LogP contribution in [0.1, 0.15) is 65.5 Å². The Kier molecular flexibility index (Phi) is 5.26. The van der Waals surface area contributed by atoms with Crippen molar-refractivity contribution in [2.45, 2.75) is 71.1 Å². The van der Waals surface area contributed by atoms with Crippen LogP contribution in [-0.4, -0.2) is 40.4 Å². The van der Waals surface area contributed by atoms with Crippen molar-refractivity contribution in [3.05, 3.63) is 29.8 Å². The third-order valence-corrected chi connectivity index (χ3v) is 7.04. The summed E-state index contributed by atoms with van der Waals surface area (Å²) in [6.07, 6.45) is 1.83. The molecule has 7 nitrogen and oxygen atoms in total. The van der Waals surface area contributed by atoms with Crippen LogP contribution in [0.2, 0.25) is 0 Å². The van der Waals surface area contributed by atoms with E-state index in [-0.39, 0.29) is 41.3 Å². The van der Waals surface area contributed by atoms with E-state index < -0.39 is 5.54 Å². The lowest BCUT2D eigenvalue weighted by Crippen LogP contribution is -2.50. The van der Waals surface area contributed by atoms with Gasteiger partial charge in [0.05, 0.1) is 18.0 Å². The molecule has 7 heteroatoms. The van der Waals surface area contributed by atoms with Crippen LogP contribution < -0.4 is 15.8 Å². The molecule has 1 fully saturated rings. The average Bonchev–Trinajstić information content (AvgIpc) is 3.43. The van der Waals surface area contributed by atoms with Crippen LogP contribution in [0, 0.1) is 17.8 Å². The summed E-state index contributed by atoms with van der Waals surface area (Å²) in [7, 11) is 0. The molecule has 4 rings (SSSR count). The number of guanidine groups is 1. The van der Waals surface area contributed by atoms with Gasteiger partial charge >= 0.3 is 0 Å². The average molecular weight is 427 g/mol. The fourth-order valence-electron chi connectivity index (χ4n) is 4.63. The summed E-state index contributed by atoms with van der Waals surface area (Å²) in [5, 5.41) is 3.27. The Morgan fingerprint density at radius 2 is 2.03 bits per heavy atom. The molecule has 0 saturated heterocycles. The number of carbonyl (C=O) groups excluding carboxylic acids is 2. The molecule has 2 aliphatic heterocycles. The fraction of sp³-hybridized carbons (Fsp3) is 0.625. The smallest absolute Gasteiger partial charge is 0.231 e. The summed E-state index contributed by atoms with van der Waals surface area (Å²) in [5.74, 6) is 1.45. The van der Waals surface area contributed by atoms with Crippen molar-refractivity contribution in [3.8, 4) is 5.75 Å². The number of nitrogens with two attached hydrogens (primary N) is 1. The van der Waals surface area contributed by atoms with E-state index in [4.69, 9.17) is 10.5 Å². The molecule has 0 aromatic heterocycles. The van der Waals surface area contributed by atoms with E-state index in [0.717, 1.165) is 24.2 Å². The van der Waals surface area contributed by atoms with Gasteiger partial charge in [0.1, 0.15) is 11.4 Å². The summed E-state index contributed by atoms with van der Waals surface area (Å²) in [5.41, 5.74) is 6.27. The summed E-state index contributed by atoms with van der Waals surface area (Å²) in [4.78, 5) is 31.5. The standard InChI is InChI=1S/C24H34N4O3/c1-14(2)24(5)11-18(16-8-6-7-9-19(16)31-24)26-21(30)17-10-15(17)13-28-20(29)12-23(3,4)27-22(28)25/h6-9,14-15,17-18H,10-13H2,1-5H3,(H2,25,27)(H,26,30)/t15-,17+,18+,24?/m1/s1. The molecule has 1 unspecified atom stereocenters. The first kappa shape index (κ1) is 21.7. The highest BCUT2D eigenvalue weighted by molar-refractivity contribution is 5.99. The Labute approximate surface area is 184 Å². The van der Waals surface area contributed by atoms with E-state index >= 15 is 0 Å². The number of amides is 2. The summed E-state index contributed by atoms with van der Waals surface area (Å²) in [6, 6.07) is 7.85. The number of nitrogens with one attached hydrogen (secondary N) is 1. The topological polar surface area (TPSA) is 97.0 Å². The highest BCUT2D eigenvalue weighted by Crippen LogP contribution is 2.45. The van der Waals surface area contributed by atoms with Gasteiger partial charge in [-0.2, -0.15) is 0 Å². The van der Waals surface area contributed by atoms with Crippen molar-refractivity contribution >= 4 is 17.8 Å². The maximum Gasteiger partial charge on any atom is 0.231 e. The molecule has 1 saturated carbocycles. The highest BCUT2D eigenvalue weighted by Gasteiger charge is 2.48. The number of aliphatic imine (C=N–C) groups is 1. The van der Waals surface area contributed by atoms with Gasteiger partial charge in [-0.1, -0.05) is 32.0 Å². The first-order chi connectivity index (χ1) is 14.5. The number of hydrogen-bond acceptors (Lipinski definition) is 5. The molecule has 0 spiro atoms. The molecule has 3 N–H and O–H groups in total. The van der Waals surface area contributed by atoms with Crippen molar-refractivity contribution in [3.63, 3.8) is 0 Å². The van der Waals surface area contributed by atoms with Gasteiger partial charge in [-0.15, -0.1) is 0 Å². The predicted octanol–water partition coefficient (Wildman–Crippen LogP) is 3.00. The summed E-state index contributed by atoms with van der Waals surface area (Å²) >= 11 is 0. The van der Waals surface area contributed by atoms with Crippen molar-refractivity contribution < 1.29 is 14.3 Å². The van der Waals surface area contributed by atoms with Gasteiger partial charge < -0.3 is 15.8 Å². The quantitative estimate of drug-likeness (QED) is 0.756. The van der Waals surface area contributed by atoms with Crippen LogP contribution in [0.3, 0.4) is 0 Å². The molecule has 2 amide bonds. The van der Waals surface area contributed by atoms with Crippen LogP contribution in [0.15, 0.2) is 29.3 Å². The first-order valence-corrected chi connectivity index (χ1v) is 11.2. The zero-order valence-electron chi connectivity index (χ0n) is 19.1. The molecule has 168 valence electrons. The SMILES string of the molecule is CC(C)C1(C)C[C@H](NC(=O)[C@H]2C[C@@H]2CN2C(=O)CC(C)(C)N=C2N)c2ccccc2O1. The van der Waals surface area contributed by atoms with Crippen LogP contribution >= 0.6 is 0 Å². The van der Waals surface area contributed by atoms with Gasteiger partial charge in [0.15, 0.2) is 5.96 Å². The second kappa shape index (κ2) is 7.53. The Bertz CT molecular complexity index is 925. The number of rotatable bonds is 5. The molecule has 2 heterocycles. The molecule has 1 aromatic carbocycles. The van der Waals surface area contributed by atoms with Gasteiger partial charge in [-0.3, -0.25) is 14.5 Å². The van der Waals surface area contributed by atoms with Crippen molar-refractivity contribution in [2.75, 3.05) is 6.54 Å². The Morgan fingerprint density at radius 1 is 1.32 bits per heavy atom. The minimum Gasteiger partial charge on any atom is -0.487 e. The van der Waals surface area contributed by atoms with E-state index in [1.165, 1.54) is 0 Å². The molecule has 0 bridgehead atoms. The molecular weight excluding hydrogens is 392 g/mol. The Hall–Kier alpha value is -2.57. The Morgan fingerprint density at radius 3 is 2.71 bits per heavy atom. The second-order valence-electron chi connectivity index (χ2n) is 10.4. The van der Waals surface area contributed by atoms with E-state index in [1.54, 1.807) is 4.90 Å². The lowest BCUT2D eigenvalue weighted by molar-refractivity contribution is -0.130. The number of fused-ring (bicyclic) bond motifs is 1. The minimum absolute atomic E-state index is 0.0189. The lowest BCUT2D eigenvalue weighted by Gasteiger charge is -2.42. The Balaban J connectivity index is 1.42. The van der Waals surface area contributed by atoms with Crippen LogP contribution in [0.5, 0.6) is 5.75 Å². The second-order valence-corrected chi connectivity index (χ2v) is 10.4. The molecule has 1 aliphatic carbocycles. The van der Waals surface area contributed by atoms with Gasteiger partial charge in [0.25, 0.3) is 0 Å². The molecule has 1 aromatic rings. The van der Waals surface area contributed by atoms with E-state index in [2.05, 4.69) is 31.1 Å². The van der Waals surface area contributed by atoms with Gasteiger partial charge in [-0.05, 0) is 45.1 Å². The van der Waals surface area contributed by atoms with Crippen LogP contribution in [0.4, 0.5) is 0 Å².